The molecule has 0 fully saturated rings. The molecule has 47 heavy (non-hydrogen) atoms. The Morgan fingerprint density at radius 1 is 0.426 bits per heavy atom. The molecule has 0 unspecified atom stereocenters. The Morgan fingerprint density at radius 2 is 0.894 bits per heavy atom. The van der Waals surface area contributed by atoms with E-state index in [0.717, 1.165) is 35.6 Å². The lowest BCUT2D eigenvalue weighted by Crippen LogP contribution is -2.23. The Kier molecular flexibility index (Phi) is 5.81. The molecule has 3 aliphatic carbocycles. The third-order valence-electron chi connectivity index (χ3n) is 12.0. The van der Waals surface area contributed by atoms with Crippen molar-refractivity contribution in [2.45, 2.75) is 70.6 Å². The van der Waals surface area contributed by atoms with Gasteiger partial charge in [0.05, 0.1) is 22.8 Å². The van der Waals surface area contributed by atoms with E-state index in [0.29, 0.717) is 0 Å². The second-order valence-electron chi connectivity index (χ2n) is 14.8. The summed E-state index contributed by atoms with van der Waals surface area (Å²) in [4.78, 5) is 10.7. The van der Waals surface area contributed by atoms with Crippen LogP contribution < -0.4 is 0 Å². The van der Waals surface area contributed by atoms with Crippen LogP contribution in [-0.2, 0) is 16.2 Å². The van der Waals surface area contributed by atoms with Gasteiger partial charge >= 0.3 is 0 Å². The molecule has 2 heterocycles. The molecule has 3 aliphatic rings. The molecule has 0 saturated carbocycles. The summed E-state index contributed by atoms with van der Waals surface area (Å²) in [6.07, 6.45) is 2.15. The summed E-state index contributed by atoms with van der Waals surface area (Å²) in [5.74, 6) is 0. The van der Waals surface area contributed by atoms with Crippen LogP contribution in [0.2, 0.25) is 0 Å². The molecule has 9 rings (SSSR count). The summed E-state index contributed by atoms with van der Waals surface area (Å²) in [5, 5.41) is 0. The lowest BCUT2D eigenvalue weighted by molar-refractivity contribution is 0.490. The van der Waals surface area contributed by atoms with Gasteiger partial charge in [0.1, 0.15) is 0 Å². The molecule has 2 nitrogen and oxygen atoms in total. The van der Waals surface area contributed by atoms with E-state index in [4.69, 9.17) is 9.97 Å². The molecular weight excluding hydrogens is 569 g/mol. The van der Waals surface area contributed by atoms with Crippen molar-refractivity contribution in [3.8, 4) is 56.2 Å². The first-order chi connectivity index (χ1) is 22.7. The van der Waals surface area contributed by atoms with Gasteiger partial charge in [0.2, 0.25) is 0 Å². The zero-order valence-corrected chi connectivity index (χ0v) is 28.2. The maximum Gasteiger partial charge on any atom is 0.0753 e. The zero-order chi connectivity index (χ0) is 32.3. The molecule has 230 valence electrons. The average Bonchev–Trinajstić information content (AvgIpc) is 3.62. The summed E-state index contributed by atoms with van der Waals surface area (Å²) in [7, 11) is 0. The van der Waals surface area contributed by atoms with E-state index in [9.17, 15) is 0 Å². The minimum absolute atomic E-state index is 0.0388. The second kappa shape index (κ2) is 9.61. The fourth-order valence-electron chi connectivity index (χ4n) is 9.24. The molecule has 0 N–H and O–H groups in total. The Hall–Kier alpha value is -4.82. The molecule has 6 aromatic rings. The van der Waals surface area contributed by atoms with Gasteiger partial charge < -0.3 is 0 Å². The van der Waals surface area contributed by atoms with Crippen LogP contribution in [0.3, 0.4) is 0 Å². The van der Waals surface area contributed by atoms with Gasteiger partial charge in [-0.1, -0.05) is 126 Å². The van der Waals surface area contributed by atoms with E-state index < -0.39 is 0 Å². The molecule has 0 aliphatic heterocycles. The highest BCUT2D eigenvalue weighted by Crippen LogP contribution is 2.54. The van der Waals surface area contributed by atoms with E-state index in [1.165, 1.54) is 66.8 Å². The van der Waals surface area contributed by atoms with Gasteiger partial charge in [0, 0.05) is 38.5 Å². The number of hydrogen-bond donors (Lipinski definition) is 0. The van der Waals surface area contributed by atoms with Crippen LogP contribution in [0, 0.1) is 0 Å². The van der Waals surface area contributed by atoms with Crippen molar-refractivity contribution in [2.75, 3.05) is 0 Å². The van der Waals surface area contributed by atoms with Crippen LogP contribution in [0.25, 0.3) is 56.2 Å². The monoisotopic (exact) mass is 608 g/mol. The minimum Gasteiger partial charge on any atom is -0.247 e. The number of pyridine rings is 2. The van der Waals surface area contributed by atoms with Crippen LogP contribution in [0.15, 0.2) is 109 Å². The SMILES string of the molecule is CCC1(CC)c2ccccc2-c2nc(-c3ccc4c(c3)C(C)(C)c3cc(-c5ccc6c(n5)-c5ccccc5C6(C)C)ccc3-4)ccc21. The molecule has 0 spiro atoms. The number of hydrogen-bond acceptors (Lipinski definition) is 2. The highest BCUT2D eigenvalue weighted by molar-refractivity contribution is 5.87. The minimum atomic E-state index is -0.148. The second-order valence-corrected chi connectivity index (χ2v) is 14.8. The number of nitrogens with zero attached hydrogens (tertiary/aromatic N) is 2. The first-order valence-electron chi connectivity index (χ1n) is 17.2. The van der Waals surface area contributed by atoms with Crippen LogP contribution in [0.4, 0.5) is 0 Å². The fourth-order valence-corrected chi connectivity index (χ4v) is 9.24. The van der Waals surface area contributed by atoms with Gasteiger partial charge in [0.15, 0.2) is 0 Å². The van der Waals surface area contributed by atoms with Gasteiger partial charge in [-0.2, -0.15) is 0 Å². The van der Waals surface area contributed by atoms with Crippen molar-refractivity contribution in [1.82, 2.24) is 9.97 Å². The van der Waals surface area contributed by atoms with Gasteiger partial charge in [-0.3, -0.25) is 0 Å². The fraction of sp³-hybridized carbons (Fsp3) is 0.244. The van der Waals surface area contributed by atoms with Crippen molar-refractivity contribution >= 4 is 0 Å². The van der Waals surface area contributed by atoms with Crippen LogP contribution in [-0.4, -0.2) is 9.97 Å². The molecule has 0 amide bonds. The van der Waals surface area contributed by atoms with E-state index >= 15 is 0 Å². The topological polar surface area (TPSA) is 25.8 Å². The van der Waals surface area contributed by atoms with Gasteiger partial charge in [-0.25, -0.2) is 9.97 Å². The summed E-state index contributed by atoms with van der Waals surface area (Å²) in [5.41, 5.74) is 19.9. The Morgan fingerprint density at radius 3 is 1.47 bits per heavy atom. The van der Waals surface area contributed by atoms with Crippen molar-refractivity contribution in [3.63, 3.8) is 0 Å². The normalized spacial score (nSPS) is 16.6. The molecule has 0 bridgehead atoms. The highest BCUT2D eigenvalue weighted by Gasteiger charge is 2.42. The lowest BCUT2D eigenvalue weighted by atomic mass is 9.74. The maximum atomic E-state index is 5.38. The predicted molar refractivity (Wildman–Crippen MR) is 195 cm³/mol. The van der Waals surface area contributed by atoms with E-state index in [1.54, 1.807) is 0 Å². The van der Waals surface area contributed by atoms with E-state index in [1.807, 2.05) is 0 Å². The standard InChI is InChI=1S/C45H40N2/c1-7-45(8-2)34-16-12-10-14-32(34)42-36(45)22-24-40(47-42)28-18-20-30-29-19-17-27(25-37(29)44(5,6)38(30)26-28)39-23-21-35-41(46-39)31-13-9-11-15-33(31)43(35,3)4/h9-26H,7-8H2,1-6H3. The largest absolute Gasteiger partial charge is 0.247 e. The first-order valence-corrected chi connectivity index (χ1v) is 17.2. The zero-order valence-electron chi connectivity index (χ0n) is 28.2. The predicted octanol–water partition coefficient (Wildman–Crippen LogP) is 11.5. The number of fused-ring (bicyclic) bond motifs is 9. The third kappa shape index (κ3) is 3.67. The highest BCUT2D eigenvalue weighted by atomic mass is 14.8. The van der Waals surface area contributed by atoms with Gasteiger partial charge in [-0.15, -0.1) is 0 Å². The third-order valence-corrected chi connectivity index (χ3v) is 12.0. The van der Waals surface area contributed by atoms with E-state index in [2.05, 4.69) is 151 Å². The van der Waals surface area contributed by atoms with Gasteiger partial charge in [0.25, 0.3) is 0 Å². The average molecular weight is 609 g/mol. The number of benzene rings is 4. The summed E-state index contributed by atoms with van der Waals surface area (Å²) in [6.45, 7) is 14.0. The number of rotatable bonds is 4. The molecule has 0 radical (unpaired) electrons. The van der Waals surface area contributed by atoms with Gasteiger partial charge in [-0.05, 0) is 81.6 Å². The molecular formula is C45H40N2. The lowest BCUT2D eigenvalue weighted by Gasteiger charge is -2.29. The quantitative estimate of drug-likeness (QED) is 0.199. The van der Waals surface area contributed by atoms with E-state index in [-0.39, 0.29) is 16.2 Å². The Balaban J connectivity index is 1.11. The summed E-state index contributed by atoms with van der Waals surface area (Å²) >= 11 is 0. The molecule has 0 saturated heterocycles. The van der Waals surface area contributed by atoms with Crippen LogP contribution in [0.1, 0.15) is 87.8 Å². The molecule has 0 atom stereocenters. The van der Waals surface area contributed by atoms with Crippen molar-refractivity contribution in [3.05, 3.63) is 143 Å². The molecule has 2 aromatic heterocycles. The van der Waals surface area contributed by atoms with Crippen LogP contribution in [0.5, 0.6) is 0 Å². The Bertz CT molecular complexity index is 2280. The Labute approximate surface area is 278 Å². The first kappa shape index (κ1) is 28.4. The summed E-state index contributed by atoms with van der Waals surface area (Å²) < 4.78 is 0. The van der Waals surface area contributed by atoms with Crippen molar-refractivity contribution in [1.29, 1.82) is 0 Å². The van der Waals surface area contributed by atoms with Crippen molar-refractivity contribution in [2.24, 2.45) is 0 Å². The maximum absolute atomic E-state index is 5.38. The van der Waals surface area contributed by atoms with Crippen molar-refractivity contribution < 1.29 is 0 Å². The molecule has 4 aromatic carbocycles. The smallest absolute Gasteiger partial charge is 0.0753 e. The molecule has 2 heteroatoms. The number of aromatic nitrogens is 2. The van der Waals surface area contributed by atoms with Crippen LogP contribution >= 0.6 is 0 Å². The summed E-state index contributed by atoms with van der Waals surface area (Å²) in [6, 6.07) is 40.7.